The van der Waals surface area contributed by atoms with E-state index in [1.807, 2.05) is 25.1 Å². The summed E-state index contributed by atoms with van der Waals surface area (Å²) in [5, 5.41) is 17.6. The summed E-state index contributed by atoms with van der Waals surface area (Å²) < 4.78 is 0.969. The molecule has 1 aromatic carbocycles. The van der Waals surface area contributed by atoms with Gasteiger partial charge in [-0.25, -0.2) is 0 Å². The summed E-state index contributed by atoms with van der Waals surface area (Å²) in [4.78, 5) is 0. The smallest absolute Gasteiger partial charge is 0.188 e. The van der Waals surface area contributed by atoms with Crippen LogP contribution in [-0.4, -0.2) is 20.6 Å². The number of H-pyrrole nitrogens is 1. The molecule has 17 heavy (non-hydrogen) atoms. The van der Waals surface area contributed by atoms with E-state index in [-0.39, 0.29) is 6.04 Å². The molecule has 5 nitrogen and oxygen atoms in total. The molecule has 2 aromatic rings. The van der Waals surface area contributed by atoms with Crippen molar-refractivity contribution in [1.82, 2.24) is 25.9 Å². The molecule has 2 rings (SSSR count). The molecule has 2 N–H and O–H groups in total. The third kappa shape index (κ3) is 3.24. The van der Waals surface area contributed by atoms with Crippen LogP contribution in [0.2, 0.25) is 5.02 Å². The van der Waals surface area contributed by atoms with Crippen molar-refractivity contribution in [2.75, 3.05) is 0 Å². The minimum absolute atomic E-state index is 0.120. The summed E-state index contributed by atoms with van der Waals surface area (Å²) in [5.74, 6) is 0.630. The molecule has 0 aliphatic carbocycles. The zero-order valence-corrected chi connectivity index (χ0v) is 11.5. The second-order valence-electron chi connectivity index (χ2n) is 3.60. The van der Waals surface area contributed by atoms with Gasteiger partial charge in [-0.15, -0.1) is 10.2 Å². The SMILES string of the molecule is CC(NCc1nn[nH]n1)c1ccc(Br)cc1Cl. The van der Waals surface area contributed by atoms with Crippen molar-refractivity contribution >= 4 is 27.5 Å². The van der Waals surface area contributed by atoms with Crippen molar-refractivity contribution in [1.29, 1.82) is 0 Å². The van der Waals surface area contributed by atoms with Crippen molar-refractivity contribution in [3.63, 3.8) is 0 Å². The number of benzene rings is 1. The molecule has 0 radical (unpaired) electrons. The summed E-state index contributed by atoms with van der Waals surface area (Å²) in [7, 11) is 0. The Bertz CT molecular complexity index is 487. The van der Waals surface area contributed by atoms with Gasteiger partial charge >= 0.3 is 0 Å². The number of rotatable bonds is 4. The molecule has 0 aliphatic heterocycles. The van der Waals surface area contributed by atoms with E-state index in [9.17, 15) is 0 Å². The van der Waals surface area contributed by atoms with Gasteiger partial charge in [0.1, 0.15) is 0 Å². The zero-order valence-electron chi connectivity index (χ0n) is 9.11. The fourth-order valence-corrected chi connectivity index (χ4v) is 2.30. The molecule has 1 atom stereocenters. The van der Waals surface area contributed by atoms with Gasteiger partial charge in [0.15, 0.2) is 5.82 Å². The molecule has 90 valence electrons. The highest BCUT2D eigenvalue weighted by molar-refractivity contribution is 9.10. The average molecular weight is 317 g/mol. The molecular weight excluding hydrogens is 306 g/mol. The molecule has 0 spiro atoms. The number of nitrogens with zero attached hydrogens (tertiary/aromatic N) is 3. The Hall–Kier alpha value is -0.980. The van der Waals surface area contributed by atoms with Crippen molar-refractivity contribution in [2.24, 2.45) is 0 Å². The number of aromatic amines is 1. The van der Waals surface area contributed by atoms with Gasteiger partial charge in [0.05, 0.1) is 6.54 Å². The van der Waals surface area contributed by atoms with Gasteiger partial charge in [0, 0.05) is 15.5 Å². The van der Waals surface area contributed by atoms with Crippen molar-refractivity contribution in [3.8, 4) is 0 Å². The number of hydrogen-bond acceptors (Lipinski definition) is 4. The van der Waals surface area contributed by atoms with Crippen LogP contribution in [0.1, 0.15) is 24.4 Å². The van der Waals surface area contributed by atoms with Crippen LogP contribution in [0, 0.1) is 0 Å². The molecule has 0 aliphatic rings. The lowest BCUT2D eigenvalue weighted by Crippen LogP contribution is -2.19. The normalized spacial score (nSPS) is 12.6. The van der Waals surface area contributed by atoms with Gasteiger partial charge < -0.3 is 5.32 Å². The highest BCUT2D eigenvalue weighted by Crippen LogP contribution is 2.26. The lowest BCUT2D eigenvalue weighted by molar-refractivity contribution is 0.559. The van der Waals surface area contributed by atoms with Crippen molar-refractivity contribution in [2.45, 2.75) is 19.5 Å². The second-order valence-corrected chi connectivity index (χ2v) is 4.92. The molecular formula is C10H11BrClN5. The third-order valence-electron chi connectivity index (χ3n) is 2.38. The van der Waals surface area contributed by atoms with Gasteiger partial charge in [0.25, 0.3) is 0 Å². The van der Waals surface area contributed by atoms with E-state index in [1.54, 1.807) is 0 Å². The van der Waals surface area contributed by atoms with Crippen LogP contribution >= 0.6 is 27.5 Å². The molecule has 1 unspecified atom stereocenters. The van der Waals surface area contributed by atoms with Gasteiger partial charge in [-0.3, -0.25) is 0 Å². The Morgan fingerprint density at radius 1 is 1.53 bits per heavy atom. The number of tetrazole rings is 1. The summed E-state index contributed by atoms with van der Waals surface area (Å²) in [6.07, 6.45) is 0. The Morgan fingerprint density at radius 3 is 3.00 bits per heavy atom. The summed E-state index contributed by atoms with van der Waals surface area (Å²) in [6.45, 7) is 2.58. The van der Waals surface area contributed by atoms with E-state index >= 15 is 0 Å². The molecule has 0 saturated heterocycles. The average Bonchev–Trinajstić information content (AvgIpc) is 2.78. The molecule has 0 saturated carbocycles. The van der Waals surface area contributed by atoms with Crippen LogP contribution < -0.4 is 5.32 Å². The first kappa shape index (κ1) is 12.5. The maximum Gasteiger partial charge on any atom is 0.188 e. The predicted octanol–water partition coefficient (Wildman–Crippen LogP) is 2.47. The largest absolute Gasteiger partial charge is 0.303 e. The lowest BCUT2D eigenvalue weighted by atomic mass is 10.1. The molecule has 0 bridgehead atoms. The summed E-state index contributed by atoms with van der Waals surface area (Å²) >= 11 is 9.54. The number of nitrogens with one attached hydrogen (secondary N) is 2. The maximum atomic E-state index is 6.17. The topological polar surface area (TPSA) is 66.5 Å². The second kappa shape index (κ2) is 5.57. The minimum Gasteiger partial charge on any atom is -0.303 e. The van der Waals surface area contributed by atoms with Crippen LogP contribution in [0.3, 0.4) is 0 Å². The Labute approximate surface area is 112 Å². The van der Waals surface area contributed by atoms with E-state index in [1.165, 1.54) is 0 Å². The van der Waals surface area contributed by atoms with Crippen LogP contribution in [0.25, 0.3) is 0 Å². The fraction of sp³-hybridized carbons (Fsp3) is 0.300. The summed E-state index contributed by atoms with van der Waals surface area (Å²) in [6, 6.07) is 5.95. The maximum absolute atomic E-state index is 6.17. The van der Waals surface area contributed by atoms with Crippen molar-refractivity contribution < 1.29 is 0 Å². The first-order valence-electron chi connectivity index (χ1n) is 5.07. The first-order valence-corrected chi connectivity index (χ1v) is 6.24. The minimum atomic E-state index is 0.120. The first-order chi connectivity index (χ1) is 8.16. The number of halogens is 2. The molecule has 1 heterocycles. The fourth-order valence-electron chi connectivity index (χ4n) is 1.46. The highest BCUT2D eigenvalue weighted by atomic mass is 79.9. The van der Waals surface area contributed by atoms with Crippen molar-refractivity contribution in [3.05, 3.63) is 39.1 Å². The Kier molecular flexibility index (Phi) is 4.09. The Balaban J connectivity index is 2.01. The van der Waals surface area contributed by atoms with E-state index in [2.05, 4.69) is 41.9 Å². The number of hydrogen-bond donors (Lipinski definition) is 2. The Morgan fingerprint density at radius 2 is 2.35 bits per heavy atom. The van der Waals surface area contributed by atoms with E-state index < -0.39 is 0 Å². The summed E-state index contributed by atoms with van der Waals surface area (Å²) in [5.41, 5.74) is 1.04. The highest BCUT2D eigenvalue weighted by Gasteiger charge is 2.10. The van der Waals surface area contributed by atoms with Gasteiger partial charge in [0.2, 0.25) is 0 Å². The van der Waals surface area contributed by atoms with Gasteiger partial charge in [-0.05, 0) is 24.6 Å². The molecule has 1 aromatic heterocycles. The van der Waals surface area contributed by atoms with Crippen LogP contribution in [0.4, 0.5) is 0 Å². The van der Waals surface area contributed by atoms with Gasteiger partial charge in [-0.2, -0.15) is 5.21 Å². The van der Waals surface area contributed by atoms with Crippen LogP contribution in [0.15, 0.2) is 22.7 Å². The third-order valence-corrected chi connectivity index (χ3v) is 3.21. The molecule has 0 amide bonds. The standard InChI is InChI=1S/C10H11BrClN5/c1-6(13-5-10-14-16-17-15-10)8-3-2-7(11)4-9(8)12/h2-4,6,13H,5H2,1H3,(H,14,15,16,17). The lowest BCUT2D eigenvalue weighted by Gasteiger charge is -2.14. The van der Waals surface area contributed by atoms with Gasteiger partial charge in [-0.1, -0.05) is 38.8 Å². The zero-order chi connectivity index (χ0) is 12.3. The monoisotopic (exact) mass is 315 g/mol. The van der Waals surface area contributed by atoms with Crippen LogP contribution in [-0.2, 0) is 6.54 Å². The predicted molar refractivity (Wildman–Crippen MR) is 68.6 cm³/mol. The van der Waals surface area contributed by atoms with E-state index in [0.717, 1.165) is 15.1 Å². The van der Waals surface area contributed by atoms with Crippen LogP contribution in [0.5, 0.6) is 0 Å². The molecule has 0 fully saturated rings. The quantitative estimate of drug-likeness (QED) is 0.909. The van der Waals surface area contributed by atoms with E-state index in [4.69, 9.17) is 11.6 Å². The molecule has 7 heteroatoms. The number of aromatic nitrogens is 4. The van der Waals surface area contributed by atoms with E-state index in [0.29, 0.717) is 12.4 Å².